The Labute approximate surface area is 163 Å². The summed E-state index contributed by atoms with van der Waals surface area (Å²) in [6.45, 7) is 5.54. The van der Waals surface area contributed by atoms with Gasteiger partial charge in [0.1, 0.15) is 11.4 Å². The average molecular weight is 384 g/mol. The van der Waals surface area contributed by atoms with E-state index in [4.69, 9.17) is 16.3 Å². The van der Waals surface area contributed by atoms with Crippen molar-refractivity contribution in [3.05, 3.63) is 59.2 Å². The molecule has 0 radical (unpaired) electrons. The minimum atomic E-state index is 0.0278. The van der Waals surface area contributed by atoms with Crippen molar-refractivity contribution in [1.82, 2.24) is 9.88 Å². The second-order valence-corrected chi connectivity index (χ2v) is 7.03. The minimum Gasteiger partial charge on any atom is -0.492 e. The highest BCUT2D eigenvalue weighted by Crippen LogP contribution is 2.29. The molecule has 6 heteroatoms. The predicted octanol–water partition coefficient (Wildman–Crippen LogP) is 4.18. The molecule has 1 fully saturated rings. The number of rotatable bonds is 4. The normalized spacial score (nSPS) is 14.6. The van der Waals surface area contributed by atoms with Crippen molar-refractivity contribution >= 4 is 34.1 Å². The first kappa shape index (κ1) is 17.7. The molecule has 1 aromatic heterocycles. The number of aromatic nitrogens is 1. The lowest BCUT2D eigenvalue weighted by Gasteiger charge is -2.36. The van der Waals surface area contributed by atoms with Crippen LogP contribution in [-0.2, 0) is 0 Å². The second kappa shape index (κ2) is 7.53. The number of nitrogens with zero attached hydrogens (tertiary/aromatic N) is 2. The van der Waals surface area contributed by atoms with Crippen molar-refractivity contribution in [2.75, 3.05) is 37.7 Å². The number of hydrogen-bond acceptors (Lipinski definition) is 3. The monoisotopic (exact) mass is 383 g/mol. The standard InChI is InChI=1S/C21H22ClN3O2/c1-2-27-20-6-4-3-5-19(20)24-9-11-25(12-10-24)21(26)18-14-15-13-16(22)7-8-17(15)23-18/h3-8,13-14,23H,2,9-12H2,1H3. The summed E-state index contributed by atoms with van der Waals surface area (Å²) in [5.74, 6) is 0.923. The van der Waals surface area contributed by atoms with Crippen molar-refractivity contribution in [2.24, 2.45) is 0 Å². The Balaban J connectivity index is 1.46. The van der Waals surface area contributed by atoms with Gasteiger partial charge in [-0.3, -0.25) is 4.79 Å². The zero-order valence-electron chi connectivity index (χ0n) is 15.2. The predicted molar refractivity (Wildman–Crippen MR) is 109 cm³/mol. The number of H-pyrrole nitrogens is 1. The molecule has 4 rings (SSSR count). The average Bonchev–Trinajstić information content (AvgIpc) is 3.11. The van der Waals surface area contributed by atoms with Gasteiger partial charge in [0.15, 0.2) is 0 Å². The number of para-hydroxylation sites is 2. The molecule has 140 valence electrons. The molecule has 1 amide bonds. The van der Waals surface area contributed by atoms with E-state index in [2.05, 4.69) is 16.0 Å². The van der Waals surface area contributed by atoms with Gasteiger partial charge in [0.05, 0.1) is 12.3 Å². The Morgan fingerprint density at radius 1 is 1.11 bits per heavy atom. The van der Waals surface area contributed by atoms with Crippen LogP contribution in [0.2, 0.25) is 5.02 Å². The van der Waals surface area contributed by atoms with E-state index in [1.54, 1.807) is 0 Å². The number of nitrogens with one attached hydrogen (secondary N) is 1. The molecule has 0 spiro atoms. The van der Waals surface area contributed by atoms with Gasteiger partial charge in [0.25, 0.3) is 5.91 Å². The zero-order valence-corrected chi connectivity index (χ0v) is 16.0. The number of ether oxygens (including phenoxy) is 1. The van der Waals surface area contributed by atoms with Gasteiger partial charge in [-0.15, -0.1) is 0 Å². The quantitative estimate of drug-likeness (QED) is 0.735. The summed E-state index contributed by atoms with van der Waals surface area (Å²) >= 11 is 6.04. The third-order valence-corrected chi connectivity index (χ3v) is 5.12. The van der Waals surface area contributed by atoms with Crippen molar-refractivity contribution in [2.45, 2.75) is 6.92 Å². The molecule has 1 N–H and O–H groups in total. The minimum absolute atomic E-state index is 0.0278. The lowest BCUT2D eigenvalue weighted by atomic mass is 10.2. The topological polar surface area (TPSA) is 48.6 Å². The molecule has 3 aromatic rings. The van der Waals surface area contributed by atoms with Crippen molar-refractivity contribution in [3.8, 4) is 5.75 Å². The number of halogens is 1. The van der Waals surface area contributed by atoms with Gasteiger partial charge in [0, 0.05) is 42.1 Å². The van der Waals surface area contributed by atoms with Crippen LogP contribution >= 0.6 is 11.6 Å². The first-order chi connectivity index (χ1) is 13.2. The summed E-state index contributed by atoms with van der Waals surface area (Å²) in [6.07, 6.45) is 0. The molecule has 1 saturated heterocycles. The molecule has 5 nitrogen and oxygen atoms in total. The number of amides is 1. The van der Waals surface area contributed by atoms with Gasteiger partial charge in [-0.1, -0.05) is 23.7 Å². The maximum atomic E-state index is 12.9. The maximum absolute atomic E-state index is 12.9. The fourth-order valence-electron chi connectivity index (χ4n) is 3.54. The molecule has 0 saturated carbocycles. The number of aromatic amines is 1. The molecular formula is C21H22ClN3O2. The fourth-order valence-corrected chi connectivity index (χ4v) is 3.72. The number of carbonyl (C=O) groups excluding carboxylic acids is 1. The third-order valence-electron chi connectivity index (χ3n) is 4.89. The number of hydrogen-bond donors (Lipinski definition) is 1. The summed E-state index contributed by atoms with van der Waals surface area (Å²) in [5.41, 5.74) is 2.62. The summed E-state index contributed by atoms with van der Waals surface area (Å²) in [6, 6.07) is 15.5. The lowest BCUT2D eigenvalue weighted by Crippen LogP contribution is -2.49. The number of fused-ring (bicyclic) bond motifs is 1. The largest absolute Gasteiger partial charge is 0.492 e. The van der Waals surface area contributed by atoms with Crippen LogP contribution < -0.4 is 9.64 Å². The van der Waals surface area contributed by atoms with Gasteiger partial charge in [-0.05, 0) is 43.3 Å². The van der Waals surface area contributed by atoms with E-state index in [1.165, 1.54) is 0 Å². The maximum Gasteiger partial charge on any atom is 0.270 e. The van der Waals surface area contributed by atoms with E-state index in [1.807, 2.05) is 54.3 Å². The number of anilines is 1. The third kappa shape index (κ3) is 3.60. The fraction of sp³-hybridized carbons (Fsp3) is 0.286. The molecule has 1 aliphatic rings. The van der Waals surface area contributed by atoms with Crippen LogP contribution in [0.25, 0.3) is 10.9 Å². The molecule has 0 atom stereocenters. The van der Waals surface area contributed by atoms with Crippen LogP contribution in [0.4, 0.5) is 5.69 Å². The van der Waals surface area contributed by atoms with Crippen LogP contribution in [0.3, 0.4) is 0 Å². The van der Waals surface area contributed by atoms with E-state index < -0.39 is 0 Å². The van der Waals surface area contributed by atoms with Gasteiger partial charge in [-0.25, -0.2) is 0 Å². The van der Waals surface area contributed by atoms with Crippen molar-refractivity contribution in [3.63, 3.8) is 0 Å². The van der Waals surface area contributed by atoms with Crippen molar-refractivity contribution < 1.29 is 9.53 Å². The number of piperazine rings is 1. The molecule has 2 aromatic carbocycles. The Morgan fingerprint density at radius 3 is 2.67 bits per heavy atom. The zero-order chi connectivity index (χ0) is 18.8. The molecule has 0 unspecified atom stereocenters. The Hall–Kier alpha value is -2.66. The first-order valence-electron chi connectivity index (χ1n) is 9.20. The molecular weight excluding hydrogens is 362 g/mol. The van der Waals surface area contributed by atoms with Crippen molar-refractivity contribution in [1.29, 1.82) is 0 Å². The molecule has 0 bridgehead atoms. The highest BCUT2D eigenvalue weighted by Gasteiger charge is 2.24. The highest BCUT2D eigenvalue weighted by atomic mass is 35.5. The van der Waals surface area contributed by atoms with E-state index >= 15 is 0 Å². The van der Waals surface area contributed by atoms with E-state index in [0.29, 0.717) is 30.4 Å². The smallest absolute Gasteiger partial charge is 0.270 e. The van der Waals surface area contributed by atoms with Crippen LogP contribution in [0, 0.1) is 0 Å². The van der Waals surface area contributed by atoms with E-state index in [-0.39, 0.29) is 5.91 Å². The Kier molecular flexibility index (Phi) is 4.94. The van der Waals surface area contributed by atoms with Gasteiger partial charge in [0.2, 0.25) is 0 Å². The Bertz CT molecular complexity index is 961. The first-order valence-corrected chi connectivity index (χ1v) is 9.58. The second-order valence-electron chi connectivity index (χ2n) is 6.59. The van der Waals surface area contributed by atoms with Crippen LogP contribution in [-0.4, -0.2) is 48.6 Å². The van der Waals surface area contributed by atoms with Gasteiger partial charge >= 0.3 is 0 Å². The van der Waals surface area contributed by atoms with E-state index in [0.717, 1.165) is 35.4 Å². The lowest BCUT2D eigenvalue weighted by molar-refractivity contribution is 0.0741. The highest BCUT2D eigenvalue weighted by molar-refractivity contribution is 6.31. The molecule has 27 heavy (non-hydrogen) atoms. The summed E-state index contributed by atoms with van der Waals surface area (Å²) in [7, 11) is 0. The van der Waals surface area contributed by atoms with Crippen LogP contribution in [0.5, 0.6) is 5.75 Å². The molecule has 0 aliphatic carbocycles. The number of benzene rings is 2. The summed E-state index contributed by atoms with van der Waals surface area (Å²) in [4.78, 5) is 20.3. The summed E-state index contributed by atoms with van der Waals surface area (Å²) < 4.78 is 5.74. The number of carbonyl (C=O) groups is 1. The van der Waals surface area contributed by atoms with Gasteiger partial charge < -0.3 is 19.5 Å². The molecule has 2 heterocycles. The van der Waals surface area contributed by atoms with Crippen LogP contribution in [0.15, 0.2) is 48.5 Å². The van der Waals surface area contributed by atoms with Gasteiger partial charge in [-0.2, -0.15) is 0 Å². The van der Waals surface area contributed by atoms with E-state index in [9.17, 15) is 4.79 Å². The Morgan fingerprint density at radius 2 is 1.89 bits per heavy atom. The summed E-state index contributed by atoms with van der Waals surface area (Å²) in [5, 5.41) is 1.62. The van der Waals surface area contributed by atoms with Crippen LogP contribution in [0.1, 0.15) is 17.4 Å². The molecule has 1 aliphatic heterocycles. The SMILES string of the molecule is CCOc1ccccc1N1CCN(C(=O)c2cc3cc(Cl)ccc3[nH]2)CC1.